The molecule has 0 saturated heterocycles. The zero-order chi connectivity index (χ0) is 16.6. The van der Waals surface area contributed by atoms with E-state index in [-0.39, 0.29) is 0 Å². The predicted molar refractivity (Wildman–Crippen MR) is 100.0 cm³/mol. The van der Waals surface area contributed by atoms with Crippen LogP contribution in [0, 0.1) is 0 Å². The average molecular weight is 339 g/mol. The highest BCUT2D eigenvalue weighted by molar-refractivity contribution is 7.09. The van der Waals surface area contributed by atoms with Crippen LogP contribution in [0.2, 0.25) is 0 Å². The van der Waals surface area contributed by atoms with Crippen LogP contribution in [-0.2, 0) is 13.1 Å². The molecule has 5 nitrogen and oxygen atoms in total. The van der Waals surface area contributed by atoms with Gasteiger partial charge in [0.05, 0.1) is 18.4 Å². The SMILES string of the molecule is CCNC(=NCc1ncc(-c2ccccc2)[nH]1)NCc1cccs1. The largest absolute Gasteiger partial charge is 0.357 e. The molecular weight excluding hydrogens is 318 g/mol. The third kappa shape index (κ3) is 4.45. The predicted octanol–water partition coefficient (Wildman–Crippen LogP) is 3.39. The zero-order valence-corrected chi connectivity index (χ0v) is 14.4. The summed E-state index contributed by atoms with van der Waals surface area (Å²) in [6.45, 7) is 4.16. The average Bonchev–Trinajstić information content (AvgIpc) is 3.30. The Labute approximate surface area is 145 Å². The highest BCUT2D eigenvalue weighted by atomic mass is 32.1. The van der Waals surface area contributed by atoms with Crippen LogP contribution in [0.4, 0.5) is 0 Å². The molecule has 3 N–H and O–H groups in total. The number of rotatable bonds is 6. The molecule has 1 aromatic carbocycles. The van der Waals surface area contributed by atoms with Gasteiger partial charge >= 0.3 is 0 Å². The summed E-state index contributed by atoms with van der Waals surface area (Å²) in [5.74, 6) is 1.64. The highest BCUT2D eigenvalue weighted by Crippen LogP contribution is 2.16. The number of aromatic amines is 1. The van der Waals surface area contributed by atoms with Crippen molar-refractivity contribution >= 4 is 17.3 Å². The Hall–Kier alpha value is -2.60. The smallest absolute Gasteiger partial charge is 0.191 e. The van der Waals surface area contributed by atoms with Crippen LogP contribution < -0.4 is 10.6 Å². The van der Waals surface area contributed by atoms with Crippen LogP contribution >= 0.6 is 11.3 Å². The van der Waals surface area contributed by atoms with Crippen LogP contribution in [-0.4, -0.2) is 22.5 Å². The second-order valence-corrected chi connectivity index (χ2v) is 6.27. The molecule has 0 atom stereocenters. The van der Waals surface area contributed by atoms with Crippen LogP contribution in [0.3, 0.4) is 0 Å². The summed E-state index contributed by atoms with van der Waals surface area (Å²) >= 11 is 1.73. The lowest BCUT2D eigenvalue weighted by atomic mass is 10.2. The summed E-state index contributed by atoms with van der Waals surface area (Å²) in [4.78, 5) is 13.6. The molecule has 0 unspecified atom stereocenters. The molecular formula is C18H21N5S. The number of hydrogen-bond donors (Lipinski definition) is 3. The number of nitrogens with zero attached hydrogens (tertiary/aromatic N) is 2. The molecule has 0 aliphatic carbocycles. The minimum Gasteiger partial charge on any atom is -0.357 e. The van der Waals surface area contributed by atoms with Gasteiger partial charge in [-0.05, 0) is 23.9 Å². The van der Waals surface area contributed by atoms with Gasteiger partial charge in [-0.25, -0.2) is 9.98 Å². The first-order valence-corrected chi connectivity index (χ1v) is 8.87. The van der Waals surface area contributed by atoms with Gasteiger partial charge in [-0.15, -0.1) is 11.3 Å². The van der Waals surface area contributed by atoms with Crippen molar-refractivity contribution in [3.63, 3.8) is 0 Å². The summed E-state index contributed by atoms with van der Waals surface area (Å²) in [5, 5.41) is 8.67. The quantitative estimate of drug-likeness (QED) is 0.476. The highest BCUT2D eigenvalue weighted by Gasteiger charge is 2.03. The van der Waals surface area contributed by atoms with Crippen molar-refractivity contribution in [3.8, 4) is 11.3 Å². The maximum absolute atomic E-state index is 4.60. The summed E-state index contributed by atoms with van der Waals surface area (Å²) in [6.07, 6.45) is 1.85. The molecule has 3 rings (SSSR count). The van der Waals surface area contributed by atoms with E-state index >= 15 is 0 Å². The van der Waals surface area contributed by atoms with Crippen molar-refractivity contribution in [1.82, 2.24) is 20.6 Å². The maximum atomic E-state index is 4.60. The Kier molecular flexibility index (Phi) is 5.63. The van der Waals surface area contributed by atoms with Gasteiger partial charge in [0.1, 0.15) is 12.4 Å². The molecule has 0 amide bonds. The van der Waals surface area contributed by atoms with Gasteiger partial charge < -0.3 is 15.6 Å². The van der Waals surface area contributed by atoms with Crippen LogP contribution in [0.25, 0.3) is 11.3 Å². The first-order chi connectivity index (χ1) is 11.8. The molecule has 0 fully saturated rings. The Morgan fingerprint density at radius 2 is 2.04 bits per heavy atom. The fourth-order valence-corrected chi connectivity index (χ4v) is 2.93. The van der Waals surface area contributed by atoms with E-state index in [0.29, 0.717) is 6.54 Å². The number of nitrogens with one attached hydrogen (secondary N) is 3. The van der Waals surface area contributed by atoms with Crippen LogP contribution in [0.1, 0.15) is 17.6 Å². The molecule has 2 heterocycles. The normalized spacial score (nSPS) is 11.5. The van der Waals surface area contributed by atoms with Crippen molar-refractivity contribution in [2.24, 2.45) is 4.99 Å². The molecule has 0 aliphatic rings. The van der Waals surface area contributed by atoms with E-state index in [4.69, 9.17) is 0 Å². The number of hydrogen-bond acceptors (Lipinski definition) is 3. The van der Waals surface area contributed by atoms with Crippen LogP contribution in [0.15, 0.2) is 59.0 Å². The monoisotopic (exact) mass is 339 g/mol. The van der Waals surface area contributed by atoms with Crippen molar-refractivity contribution in [2.45, 2.75) is 20.0 Å². The molecule has 0 radical (unpaired) electrons. The molecule has 2 aromatic heterocycles. The van der Waals surface area contributed by atoms with Gasteiger partial charge in [0.15, 0.2) is 5.96 Å². The molecule has 6 heteroatoms. The third-order valence-electron chi connectivity index (χ3n) is 3.45. The van der Waals surface area contributed by atoms with E-state index in [1.807, 2.05) is 24.4 Å². The van der Waals surface area contributed by atoms with E-state index in [1.165, 1.54) is 4.88 Å². The number of guanidine groups is 1. The molecule has 0 saturated carbocycles. The molecule has 0 aliphatic heterocycles. The van der Waals surface area contributed by atoms with E-state index in [0.717, 1.165) is 36.1 Å². The molecule has 24 heavy (non-hydrogen) atoms. The Balaban J connectivity index is 1.62. The van der Waals surface area contributed by atoms with Gasteiger partial charge in [0.2, 0.25) is 0 Å². The van der Waals surface area contributed by atoms with E-state index in [2.05, 4.69) is 62.2 Å². The minimum absolute atomic E-state index is 0.507. The molecule has 124 valence electrons. The number of benzene rings is 1. The summed E-state index contributed by atoms with van der Waals surface area (Å²) in [6, 6.07) is 14.3. The topological polar surface area (TPSA) is 65.1 Å². The van der Waals surface area contributed by atoms with E-state index < -0.39 is 0 Å². The first kappa shape index (κ1) is 16.3. The Morgan fingerprint density at radius 1 is 1.17 bits per heavy atom. The lowest BCUT2D eigenvalue weighted by molar-refractivity contribution is 0.814. The summed E-state index contributed by atoms with van der Waals surface area (Å²) in [7, 11) is 0. The second kappa shape index (κ2) is 8.31. The van der Waals surface area contributed by atoms with Crippen LogP contribution in [0.5, 0.6) is 0 Å². The van der Waals surface area contributed by atoms with Crippen molar-refractivity contribution in [1.29, 1.82) is 0 Å². The van der Waals surface area contributed by atoms with Crippen molar-refractivity contribution < 1.29 is 0 Å². The van der Waals surface area contributed by atoms with Gasteiger partial charge in [-0.1, -0.05) is 36.4 Å². The number of aromatic nitrogens is 2. The fourth-order valence-electron chi connectivity index (χ4n) is 2.29. The molecule has 0 spiro atoms. The van der Waals surface area contributed by atoms with Crippen molar-refractivity contribution in [2.75, 3.05) is 6.54 Å². The Morgan fingerprint density at radius 3 is 2.79 bits per heavy atom. The second-order valence-electron chi connectivity index (χ2n) is 5.24. The zero-order valence-electron chi connectivity index (χ0n) is 13.6. The summed E-state index contributed by atoms with van der Waals surface area (Å²) < 4.78 is 0. The maximum Gasteiger partial charge on any atom is 0.191 e. The number of imidazole rings is 1. The molecule has 3 aromatic rings. The van der Waals surface area contributed by atoms with E-state index in [1.54, 1.807) is 11.3 Å². The van der Waals surface area contributed by atoms with Crippen molar-refractivity contribution in [3.05, 3.63) is 64.7 Å². The number of thiophene rings is 1. The standard InChI is InChI=1S/C18H21N5S/c1-2-19-18(21-11-15-9-6-10-24-15)22-13-17-20-12-16(23-17)14-7-4-3-5-8-14/h3-10,12H,2,11,13H2,1H3,(H,20,23)(H2,19,21,22). The minimum atomic E-state index is 0.507. The van der Waals surface area contributed by atoms with Gasteiger partial charge in [0.25, 0.3) is 0 Å². The van der Waals surface area contributed by atoms with Gasteiger partial charge in [-0.3, -0.25) is 0 Å². The fraction of sp³-hybridized carbons (Fsp3) is 0.222. The first-order valence-electron chi connectivity index (χ1n) is 7.99. The number of H-pyrrole nitrogens is 1. The van der Waals surface area contributed by atoms with E-state index in [9.17, 15) is 0 Å². The number of aliphatic imine (C=N–C) groups is 1. The summed E-state index contributed by atoms with van der Waals surface area (Å²) in [5.41, 5.74) is 2.14. The van der Waals surface area contributed by atoms with Gasteiger partial charge in [0, 0.05) is 11.4 Å². The lowest BCUT2D eigenvalue weighted by Gasteiger charge is -2.09. The van der Waals surface area contributed by atoms with Gasteiger partial charge in [-0.2, -0.15) is 0 Å². The lowest BCUT2D eigenvalue weighted by Crippen LogP contribution is -2.36. The Bertz CT molecular complexity index is 762. The molecule has 0 bridgehead atoms. The third-order valence-corrected chi connectivity index (χ3v) is 4.33.